The maximum absolute atomic E-state index is 13.4. The van der Waals surface area contributed by atoms with Crippen LogP contribution in [0.4, 0.5) is 17.6 Å². The number of hydrogen-bond donors (Lipinski definition) is 2. The minimum absolute atomic E-state index is 0.111. The van der Waals surface area contributed by atoms with E-state index in [4.69, 9.17) is 0 Å². The van der Waals surface area contributed by atoms with Crippen molar-refractivity contribution >= 4 is 33.2 Å². The van der Waals surface area contributed by atoms with Crippen LogP contribution >= 0.6 is 27.3 Å². The van der Waals surface area contributed by atoms with Crippen molar-refractivity contribution in [1.82, 2.24) is 15.6 Å². The van der Waals surface area contributed by atoms with Gasteiger partial charge in [0.05, 0.1) is 13.1 Å². The molecule has 0 saturated carbocycles. The monoisotopic (exact) mass is 438 g/mol. The van der Waals surface area contributed by atoms with E-state index in [1.54, 1.807) is 6.07 Å². The molecule has 0 aliphatic carbocycles. The van der Waals surface area contributed by atoms with Gasteiger partial charge in [0.15, 0.2) is 11.7 Å². The van der Waals surface area contributed by atoms with E-state index in [0.717, 1.165) is 16.7 Å². The number of nitrogens with one attached hydrogen (secondary N) is 2. The molecule has 25 heavy (non-hydrogen) atoms. The molecule has 1 aromatic carbocycles. The Morgan fingerprint density at radius 3 is 2.64 bits per heavy atom. The van der Waals surface area contributed by atoms with Gasteiger partial charge in [-0.2, -0.15) is 13.2 Å². The summed E-state index contributed by atoms with van der Waals surface area (Å²) in [6, 6.07) is 4.46. The molecule has 0 atom stereocenters. The summed E-state index contributed by atoms with van der Waals surface area (Å²) in [4.78, 5) is 7.85. The Morgan fingerprint density at radius 1 is 1.28 bits per heavy atom. The first-order chi connectivity index (χ1) is 11.8. The molecule has 1 heterocycles. The Kier molecular flexibility index (Phi) is 6.77. The molecule has 2 aromatic rings. The third-order valence-corrected chi connectivity index (χ3v) is 4.24. The zero-order valence-corrected chi connectivity index (χ0v) is 15.5. The number of aromatic nitrogens is 1. The van der Waals surface area contributed by atoms with Crippen LogP contribution in [0, 0.1) is 5.82 Å². The van der Waals surface area contributed by atoms with Gasteiger partial charge < -0.3 is 10.6 Å². The number of benzene rings is 1. The molecule has 0 aliphatic rings. The normalized spacial score (nSPS) is 12.3. The second-order valence-corrected chi connectivity index (χ2v) is 6.81. The molecule has 0 amide bonds. The lowest BCUT2D eigenvalue weighted by molar-refractivity contribution is -0.140. The molecule has 0 fully saturated rings. The second-order valence-electron chi connectivity index (χ2n) is 4.95. The fraction of sp³-hybridized carbons (Fsp3) is 0.333. The van der Waals surface area contributed by atoms with Gasteiger partial charge >= 0.3 is 6.18 Å². The van der Waals surface area contributed by atoms with Crippen LogP contribution in [0.1, 0.15) is 23.2 Å². The van der Waals surface area contributed by atoms with Gasteiger partial charge in [-0.25, -0.2) is 14.4 Å². The van der Waals surface area contributed by atoms with Gasteiger partial charge in [-0.15, -0.1) is 11.3 Å². The van der Waals surface area contributed by atoms with Gasteiger partial charge in [-0.1, -0.05) is 15.9 Å². The highest BCUT2D eigenvalue weighted by molar-refractivity contribution is 9.10. The molecule has 0 saturated heterocycles. The van der Waals surface area contributed by atoms with Crippen molar-refractivity contribution < 1.29 is 17.6 Å². The number of rotatable bonds is 5. The Balaban J connectivity index is 2.01. The van der Waals surface area contributed by atoms with Crippen LogP contribution in [0.5, 0.6) is 0 Å². The van der Waals surface area contributed by atoms with Gasteiger partial charge in [0.2, 0.25) is 0 Å². The van der Waals surface area contributed by atoms with E-state index < -0.39 is 11.9 Å². The van der Waals surface area contributed by atoms with E-state index in [1.807, 2.05) is 6.92 Å². The molecule has 2 rings (SSSR count). The molecule has 4 nitrogen and oxygen atoms in total. The first-order valence-corrected chi connectivity index (χ1v) is 8.94. The second kappa shape index (κ2) is 8.61. The van der Waals surface area contributed by atoms with Crippen molar-refractivity contribution in [2.45, 2.75) is 26.2 Å². The third-order valence-electron chi connectivity index (χ3n) is 2.94. The Bertz CT molecular complexity index is 725. The van der Waals surface area contributed by atoms with E-state index >= 15 is 0 Å². The van der Waals surface area contributed by atoms with E-state index in [-0.39, 0.29) is 18.9 Å². The number of hydrogen-bond acceptors (Lipinski definition) is 3. The average Bonchev–Trinajstić information content (AvgIpc) is 2.98. The van der Waals surface area contributed by atoms with Crippen LogP contribution < -0.4 is 10.6 Å². The van der Waals surface area contributed by atoms with Crippen LogP contribution in [0.25, 0.3) is 0 Å². The fourth-order valence-corrected chi connectivity index (χ4v) is 3.15. The zero-order valence-electron chi connectivity index (χ0n) is 13.1. The number of nitrogens with zero attached hydrogens (tertiary/aromatic N) is 2. The predicted molar refractivity (Wildman–Crippen MR) is 92.9 cm³/mol. The summed E-state index contributed by atoms with van der Waals surface area (Å²) in [7, 11) is 0. The zero-order chi connectivity index (χ0) is 18.4. The van der Waals surface area contributed by atoms with Crippen molar-refractivity contribution in [2.75, 3.05) is 6.54 Å². The molecule has 1 aromatic heterocycles. The maximum Gasteiger partial charge on any atom is 0.434 e. The van der Waals surface area contributed by atoms with Gasteiger partial charge in [0.1, 0.15) is 10.8 Å². The van der Waals surface area contributed by atoms with Crippen LogP contribution in [-0.4, -0.2) is 17.5 Å². The highest BCUT2D eigenvalue weighted by Crippen LogP contribution is 2.29. The summed E-state index contributed by atoms with van der Waals surface area (Å²) in [5.41, 5.74) is -0.237. The summed E-state index contributed by atoms with van der Waals surface area (Å²) in [6.45, 7) is 2.77. The number of guanidine groups is 1. The summed E-state index contributed by atoms with van der Waals surface area (Å²) >= 11 is 4.13. The van der Waals surface area contributed by atoms with Crippen LogP contribution in [0.15, 0.2) is 33.0 Å². The number of alkyl halides is 3. The van der Waals surface area contributed by atoms with Crippen LogP contribution in [0.2, 0.25) is 0 Å². The molecule has 0 aliphatic heterocycles. The third kappa shape index (κ3) is 6.28. The van der Waals surface area contributed by atoms with Gasteiger partial charge in [0.25, 0.3) is 0 Å². The van der Waals surface area contributed by atoms with Crippen molar-refractivity contribution in [3.63, 3.8) is 0 Å². The molecule has 0 bridgehead atoms. The Morgan fingerprint density at radius 2 is 2.04 bits per heavy atom. The van der Waals surface area contributed by atoms with Gasteiger partial charge in [0, 0.05) is 16.4 Å². The van der Waals surface area contributed by atoms with E-state index in [1.165, 1.54) is 12.1 Å². The highest BCUT2D eigenvalue weighted by Gasteiger charge is 2.33. The Hall–Kier alpha value is -1.68. The first kappa shape index (κ1) is 19.6. The van der Waals surface area contributed by atoms with Crippen LogP contribution in [-0.2, 0) is 19.3 Å². The molecule has 2 N–H and O–H groups in total. The molecule has 0 unspecified atom stereocenters. The standard InChI is InChI=1S/C15H15BrF4N4S/c1-2-21-14(22-6-9-3-10(16)5-11(17)4-9)23-7-13-24-12(8-25-13)15(18,19)20/h3-5,8H,2,6-7H2,1H3,(H2,21,22,23). The molecule has 136 valence electrons. The number of halogens is 5. The first-order valence-electron chi connectivity index (χ1n) is 7.26. The largest absolute Gasteiger partial charge is 0.434 e. The molecule has 10 heteroatoms. The molecule has 0 radical (unpaired) electrons. The quantitative estimate of drug-likeness (QED) is 0.415. The van der Waals surface area contributed by atoms with E-state index in [9.17, 15) is 17.6 Å². The Labute approximate surface area is 154 Å². The lowest BCUT2D eigenvalue weighted by Crippen LogP contribution is -2.36. The SMILES string of the molecule is CCNC(=NCc1cc(F)cc(Br)c1)NCc1nc(C(F)(F)F)cs1. The minimum atomic E-state index is -4.45. The average molecular weight is 439 g/mol. The summed E-state index contributed by atoms with van der Waals surface area (Å²) in [5, 5.41) is 7.17. The summed E-state index contributed by atoms with van der Waals surface area (Å²) < 4.78 is 51.6. The lowest BCUT2D eigenvalue weighted by Gasteiger charge is -2.10. The summed E-state index contributed by atoms with van der Waals surface area (Å²) in [6.07, 6.45) is -4.45. The van der Waals surface area contributed by atoms with Crippen molar-refractivity contribution in [2.24, 2.45) is 4.99 Å². The van der Waals surface area contributed by atoms with Crippen molar-refractivity contribution in [3.8, 4) is 0 Å². The summed E-state index contributed by atoms with van der Waals surface area (Å²) in [5.74, 6) is 0.0339. The van der Waals surface area contributed by atoms with Crippen molar-refractivity contribution in [1.29, 1.82) is 0 Å². The van der Waals surface area contributed by atoms with E-state index in [0.29, 0.717) is 27.5 Å². The lowest BCUT2D eigenvalue weighted by atomic mass is 10.2. The van der Waals surface area contributed by atoms with Gasteiger partial charge in [-0.05, 0) is 30.7 Å². The fourth-order valence-electron chi connectivity index (χ4n) is 1.90. The topological polar surface area (TPSA) is 49.3 Å². The smallest absolute Gasteiger partial charge is 0.357 e. The molecular weight excluding hydrogens is 424 g/mol. The predicted octanol–water partition coefficient (Wildman–Crippen LogP) is 4.32. The number of thiazole rings is 1. The maximum atomic E-state index is 13.4. The minimum Gasteiger partial charge on any atom is -0.357 e. The highest BCUT2D eigenvalue weighted by atomic mass is 79.9. The molecular formula is C15H15BrF4N4S. The van der Waals surface area contributed by atoms with Crippen LogP contribution in [0.3, 0.4) is 0 Å². The number of aliphatic imine (C=N–C) groups is 1. The van der Waals surface area contributed by atoms with Crippen molar-refractivity contribution in [3.05, 3.63) is 50.1 Å². The van der Waals surface area contributed by atoms with Gasteiger partial charge in [-0.3, -0.25) is 0 Å². The molecule has 0 spiro atoms. The van der Waals surface area contributed by atoms with E-state index in [2.05, 4.69) is 36.5 Å².